The zero-order chi connectivity index (χ0) is 25.4. The molecule has 8 heteroatoms. The van der Waals surface area contributed by atoms with Crippen molar-refractivity contribution in [2.24, 2.45) is 0 Å². The van der Waals surface area contributed by atoms with Crippen LogP contribution in [0.25, 0.3) is 5.76 Å². The highest BCUT2D eigenvalue weighted by Gasteiger charge is 2.47. The SMILES string of the molecule is O=C1C(=O)N(c2cccc(OC(F)(F)F)c2)C(c2ccccc2)/C1=C(/O)c1ccc2c(c1)CCCC2. The summed E-state index contributed by atoms with van der Waals surface area (Å²) in [6.45, 7) is 0. The van der Waals surface area contributed by atoms with Crippen molar-refractivity contribution in [2.45, 2.75) is 38.1 Å². The third-order valence-corrected chi connectivity index (χ3v) is 6.51. The Morgan fingerprint density at radius 1 is 0.889 bits per heavy atom. The number of Topliss-reactive ketones (excluding diaryl/α,β-unsaturated/α-hetero) is 1. The van der Waals surface area contributed by atoms with E-state index in [2.05, 4.69) is 4.74 Å². The monoisotopic (exact) mass is 493 g/mol. The van der Waals surface area contributed by atoms with Gasteiger partial charge in [-0.15, -0.1) is 13.2 Å². The number of fused-ring (bicyclic) bond motifs is 1. The van der Waals surface area contributed by atoms with Crippen molar-refractivity contribution in [1.29, 1.82) is 0 Å². The molecular weight excluding hydrogens is 471 g/mol. The number of ether oxygens (including phenoxy) is 1. The van der Waals surface area contributed by atoms with Gasteiger partial charge in [0.25, 0.3) is 11.7 Å². The Morgan fingerprint density at radius 3 is 2.33 bits per heavy atom. The molecule has 1 unspecified atom stereocenters. The Balaban J connectivity index is 1.65. The van der Waals surface area contributed by atoms with Gasteiger partial charge in [-0.1, -0.05) is 48.5 Å². The van der Waals surface area contributed by atoms with Crippen LogP contribution in [-0.2, 0) is 22.4 Å². The Morgan fingerprint density at radius 2 is 1.61 bits per heavy atom. The fourth-order valence-electron chi connectivity index (χ4n) is 4.92. The standard InChI is InChI=1S/C28H22F3NO4/c29-28(30,31)36-22-12-6-11-21(16-22)32-24(18-8-2-1-3-9-18)23(26(34)27(32)35)25(33)20-14-13-17-7-4-5-10-19(17)15-20/h1-3,6,8-9,11-16,24,33H,4-5,7,10H2/b25-23-. The van der Waals surface area contributed by atoms with E-state index >= 15 is 0 Å². The molecule has 5 nitrogen and oxygen atoms in total. The summed E-state index contributed by atoms with van der Waals surface area (Å²) in [6.07, 6.45) is -0.991. The minimum absolute atomic E-state index is 0.0391. The van der Waals surface area contributed by atoms with Crippen molar-refractivity contribution in [1.82, 2.24) is 0 Å². The Hall–Kier alpha value is -4.07. The molecule has 0 saturated carbocycles. The van der Waals surface area contributed by atoms with Gasteiger partial charge in [0.05, 0.1) is 11.6 Å². The second-order valence-electron chi connectivity index (χ2n) is 8.82. The highest BCUT2D eigenvalue weighted by molar-refractivity contribution is 6.51. The van der Waals surface area contributed by atoms with Gasteiger partial charge in [0.1, 0.15) is 11.5 Å². The van der Waals surface area contributed by atoms with Crippen LogP contribution in [0.4, 0.5) is 18.9 Å². The van der Waals surface area contributed by atoms with Crippen LogP contribution in [0.1, 0.15) is 41.1 Å². The number of rotatable bonds is 4. The van der Waals surface area contributed by atoms with Crippen molar-refractivity contribution in [3.8, 4) is 5.75 Å². The molecule has 0 bridgehead atoms. The summed E-state index contributed by atoms with van der Waals surface area (Å²) in [5, 5.41) is 11.3. The molecule has 1 atom stereocenters. The molecule has 1 fully saturated rings. The van der Waals surface area contributed by atoms with Crippen LogP contribution >= 0.6 is 0 Å². The fraction of sp³-hybridized carbons (Fsp3) is 0.214. The van der Waals surface area contributed by atoms with Gasteiger partial charge in [-0.3, -0.25) is 14.5 Å². The zero-order valence-electron chi connectivity index (χ0n) is 19.1. The van der Waals surface area contributed by atoms with Crippen LogP contribution in [0, 0.1) is 0 Å². The number of nitrogens with zero attached hydrogens (tertiary/aromatic N) is 1. The first-order valence-corrected chi connectivity index (χ1v) is 11.6. The molecule has 0 radical (unpaired) electrons. The van der Waals surface area contributed by atoms with Crippen molar-refractivity contribution < 1.29 is 32.6 Å². The van der Waals surface area contributed by atoms with Gasteiger partial charge >= 0.3 is 6.36 Å². The molecule has 1 heterocycles. The summed E-state index contributed by atoms with van der Waals surface area (Å²) in [7, 11) is 0. The number of hydrogen-bond acceptors (Lipinski definition) is 4. The highest BCUT2D eigenvalue weighted by atomic mass is 19.4. The van der Waals surface area contributed by atoms with Gasteiger partial charge in [-0.25, -0.2) is 0 Å². The Labute approximate surface area is 205 Å². The maximum Gasteiger partial charge on any atom is 0.573 e. The lowest BCUT2D eigenvalue weighted by Crippen LogP contribution is -2.29. The minimum atomic E-state index is -4.92. The molecular formula is C28H22F3NO4. The van der Waals surface area contributed by atoms with E-state index in [1.165, 1.54) is 17.7 Å². The number of hydrogen-bond donors (Lipinski definition) is 1. The van der Waals surface area contributed by atoms with E-state index in [1.54, 1.807) is 36.4 Å². The molecule has 1 amide bonds. The topological polar surface area (TPSA) is 66.8 Å². The number of aryl methyl sites for hydroxylation is 2. The summed E-state index contributed by atoms with van der Waals surface area (Å²) >= 11 is 0. The molecule has 0 spiro atoms. The third-order valence-electron chi connectivity index (χ3n) is 6.51. The first-order valence-electron chi connectivity index (χ1n) is 11.6. The fourth-order valence-corrected chi connectivity index (χ4v) is 4.92. The lowest BCUT2D eigenvalue weighted by Gasteiger charge is -2.26. The first-order chi connectivity index (χ1) is 17.2. The molecule has 5 rings (SSSR count). The number of aliphatic hydroxyl groups excluding tert-OH is 1. The Bertz CT molecular complexity index is 1360. The van der Waals surface area contributed by atoms with E-state index < -0.39 is 29.8 Å². The molecule has 0 aromatic heterocycles. The molecule has 184 valence electrons. The molecule has 1 N–H and O–H groups in total. The molecule has 2 aliphatic rings. The number of carbonyl (C=O) groups is 2. The van der Waals surface area contributed by atoms with Crippen molar-refractivity contribution in [3.63, 3.8) is 0 Å². The van der Waals surface area contributed by atoms with Gasteiger partial charge in [0.2, 0.25) is 0 Å². The number of benzene rings is 3. The number of carbonyl (C=O) groups excluding carboxylic acids is 2. The lowest BCUT2D eigenvalue weighted by molar-refractivity contribution is -0.274. The second-order valence-corrected chi connectivity index (χ2v) is 8.82. The third kappa shape index (κ3) is 4.46. The summed E-state index contributed by atoms with van der Waals surface area (Å²) in [5.74, 6) is -2.71. The maximum atomic E-state index is 13.3. The zero-order valence-corrected chi connectivity index (χ0v) is 19.1. The molecule has 1 aliphatic heterocycles. The minimum Gasteiger partial charge on any atom is -0.507 e. The normalized spacial score (nSPS) is 19.3. The van der Waals surface area contributed by atoms with Crippen LogP contribution in [0.5, 0.6) is 5.75 Å². The lowest BCUT2D eigenvalue weighted by atomic mass is 9.88. The summed E-state index contributed by atoms with van der Waals surface area (Å²) in [4.78, 5) is 27.6. The van der Waals surface area contributed by atoms with Crippen LogP contribution < -0.4 is 9.64 Å². The Kier molecular flexibility index (Phi) is 6.04. The van der Waals surface area contributed by atoms with Gasteiger partial charge in [-0.05, 0) is 60.6 Å². The molecule has 1 aliphatic carbocycles. The molecule has 1 saturated heterocycles. The van der Waals surface area contributed by atoms with E-state index in [-0.39, 0.29) is 17.0 Å². The predicted molar refractivity (Wildman–Crippen MR) is 127 cm³/mol. The van der Waals surface area contributed by atoms with Gasteiger partial charge in [0.15, 0.2) is 0 Å². The number of halogens is 3. The van der Waals surface area contributed by atoms with Crippen molar-refractivity contribution in [2.75, 3.05) is 4.90 Å². The number of anilines is 1. The largest absolute Gasteiger partial charge is 0.573 e. The van der Waals surface area contributed by atoms with Crippen LogP contribution in [0.15, 0.2) is 78.4 Å². The van der Waals surface area contributed by atoms with Gasteiger partial charge in [-0.2, -0.15) is 0 Å². The summed E-state index contributed by atoms with van der Waals surface area (Å²) in [5.41, 5.74) is 3.15. The molecule has 3 aromatic carbocycles. The summed E-state index contributed by atoms with van der Waals surface area (Å²) < 4.78 is 42.4. The van der Waals surface area contributed by atoms with Crippen LogP contribution in [0.2, 0.25) is 0 Å². The number of alkyl halides is 3. The number of ketones is 1. The molecule has 3 aromatic rings. The summed E-state index contributed by atoms with van der Waals surface area (Å²) in [6, 6.07) is 17.9. The van der Waals surface area contributed by atoms with Gasteiger partial charge in [0, 0.05) is 17.3 Å². The van der Waals surface area contributed by atoms with Crippen molar-refractivity contribution in [3.05, 3.63) is 101 Å². The van der Waals surface area contributed by atoms with E-state index in [4.69, 9.17) is 0 Å². The smallest absolute Gasteiger partial charge is 0.507 e. The highest BCUT2D eigenvalue weighted by Crippen LogP contribution is 2.43. The average Bonchev–Trinajstić information content (AvgIpc) is 3.13. The molecule has 36 heavy (non-hydrogen) atoms. The maximum absolute atomic E-state index is 13.3. The number of aliphatic hydroxyl groups is 1. The van der Waals surface area contributed by atoms with Gasteiger partial charge < -0.3 is 9.84 Å². The first kappa shape index (κ1) is 23.7. The van der Waals surface area contributed by atoms with Crippen molar-refractivity contribution >= 4 is 23.1 Å². The average molecular weight is 493 g/mol. The van der Waals surface area contributed by atoms with E-state index in [9.17, 15) is 27.9 Å². The van der Waals surface area contributed by atoms with E-state index in [0.717, 1.165) is 48.3 Å². The quantitative estimate of drug-likeness (QED) is 0.271. The second kappa shape index (κ2) is 9.18. The van der Waals surface area contributed by atoms with Crippen LogP contribution in [-0.4, -0.2) is 23.2 Å². The number of amides is 1. The van der Waals surface area contributed by atoms with Crippen LogP contribution in [0.3, 0.4) is 0 Å². The van der Waals surface area contributed by atoms with E-state index in [1.807, 2.05) is 12.1 Å². The van der Waals surface area contributed by atoms with E-state index in [0.29, 0.717) is 11.1 Å². The predicted octanol–water partition coefficient (Wildman–Crippen LogP) is 6.09.